The van der Waals surface area contributed by atoms with Crippen LogP contribution in [-0.4, -0.2) is 19.0 Å². The van der Waals surface area contributed by atoms with Gasteiger partial charge in [0, 0.05) is 35.0 Å². The molecule has 0 aromatic heterocycles. The highest BCUT2D eigenvalue weighted by Crippen LogP contribution is 2.46. The quantitative estimate of drug-likeness (QED) is 0.491. The largest absolute Gasteiger partial charge is 0.347 e. The van der Waals surface area contributed by atoms with Crippen molar-refractivity contribution in [3.05, 3.63) is 65.9 Å². The normalized spacial score (nSPS) is 17.7. The molecule has 1 heterocycles. The van der Waals surface area contributed by atoms with Gasteiger partial charge >= 0.3 is 0 Å². The lowest BCUT2D eigenvalue weighted by molar-refractivity contribution is 0.252. The summed E-state index contributed by atoms with van der Waals surface area (Å²) in [6.45, 7) is 4.40. The average Bonchev–Trinajstić information content (AvgIpc) is 2.77. The maximum absolute atomic E-state index is 12.3. The Hall–Kier alpha value is -2.14. The molecule has 0 spiro atoms. The van der Waals surface area contributed by atoms with E-state index in [4.69, 9.17) is 0 Å². The Morgan fingerprint density at radius 2 is 1.76 bits per heavy atom. The first-order valence-corrected chi connectivity index (χ1v) is 8.90. The Labute approximate surface area is 151 Å². The Bertz CT molecular complexity index is 811. The third kappa shape index (κ3) is 3.61. The minimum absolute atomic E-state index is 0.0882. The lowest BCUT2D eigenvalue weighted by Crippen LogP contribution is -2.22. The third-order valence-electron chi connectivity index (χ3n) is 4.46. The zero-order chi connectivity index (χ0) is 18.0. The monoisotopic (exact) mass is 358 g/mol. The summed E-state index contributed by atoms with van der Waals surface area (Å²) in [7, 11) is 2.06. The van der Waals surface area contributed by atoms with Gasteiger partial charge in [0.25, 0.3) is 5.76 Å². The van der Waals surface area contributed by atoms with E-state index < -0.39 is 5.76 Å². The molecule has 0 atom stereocenters. The first-order valence-electron chi connectivity index (χ1n) is 8.02. The second-order valence-electron chi connectivity index (χ2n) is 6.40. The molecule has 0 unspecified atom stereocenters. The zero-order valence-electron chi connectivity index (χ0n) is 14.4. The van der Waals surface area contributed by atoms with Crippen LogP contribution in [0.5, 0.6) is 0 Å². The number of para-hydroxylation sites is 1. The van der Waals surface area contributed by atoms with Crippen molar-refractivity contribution in [2.24, 2.45) is 4.99 Å². The molecule has 0 radical (unpaired) electrons. The highest BCUT2D eigenvalue weighted by Gasteiger charge is 2.37. The summed E-state index contributed by atoms with van der Waals surface area (Å²) in [6.07, 6.45) is 3.79. The van der Waals surface area contributed by atoms with Gasteiger partial charge in [-0.15, -0.1) is 0 Å². The predicted molar refractivity (Wildman–Crippen MR) is 102 cm³/mol. The number of anilines is 1. The summed E-state index contributed by atoms with van der Waals surface area (Å²) in [5, 5.41) is 0. The molecule has 0 saturated carbocycles. The van der Waals surface area contributed by atoms with Crippen LogP contribution in [0.2, 0.25) is 0 Å². The highest BCUT2D eigenvalue weighted by atomic mass is 32.2. The number of fused-ring (bicyclic) bond motifs is 1. The standard InChI is InChI=1S/C20H20F2N2S/c1-20(2)16-6-4-5-7-17(16)24(3)18(20)12-13-23-14-8-10-15(11-9-14)25-19(21)22/h4-13,19H,1-3H3/b18-12-,23-13?. The van der Waals surface area contributed by atoms with Crippen LogP contribution < -0.4 is 4.90 Å². The van der Waals surface area contributed by atoms with E-state index in [1.165, 1.54) is 16.9 Å². The molecule has 0 saturated heterocycles. The summed E-state index contributed by atoms with van der Waals surface area (Å²) < 4.78 is 24.7. The van der Waals surface area contributed by atoms with E-state index >= 15 is 0 Å². The number of likely N-dealkylation sites (N-methyl/N-ethyl adjacent to an activating group) is 1. The van der Waals surface area contributed by atoms with Crippen LogP contribution >= 0.6 is 11.8 Å². The molecule has 2 nitrogen and oxygen atoms in total. The summed E-state index contributed by atoms with van der Waals surface area (Å²) >= 11 is 0.541. The number of allylic oxidation sites excluding steroid dienone is 2. The average molecular weight is 358 g/mol. The number of aliphatic imine (C=N–C) groups is 1. The smallest absolute Gasteiger partial charge is 0.288 e. The fourth-order valence-electron chi connectivity index (χ4n) is 3.21. The van der Waals surface area contributed by atoms with Crippen molar-refractivity contribution in [2.75, 3.05) is 11.9 Å². The van der Waals surface area contributed by atoms with Crippen molar-refractivity contribution in [3.63, 3.8) is 0 Å². The van der Waals surface area contributed by atoms with Gasteiger partial charge in [-0.25, -0.2) is 0 Å². The summed E-state index contributed by atoms with van der Waals surface area (Å²) in [5.74, 6) is -2.40. The topological polar surface area (TPSA) is 15.6 Å². The van der Waals surface area contributed by atoms with Gasteiger partial charge < -0.3 is 4.90 Å². The molecule has 130 valence electrons. The van der Waals surface area contributed by atoms with Crippen LogP contribution in [0.1, 0.15) is 19.4 Å². The van der Waals surface area contributed by atoms with E-state index in [0.29, 0.717) is 16.7 Å². The molecule has 25 heavy (non-hydrogen) atoms. The minimum Gasteiger partial charge on any atom is -0.347 e. The number of nitrogens with zero attached hydrogens (tertiary/aromatic N) is 2. The number of benzene rings is 2. The maximum Gasteiger partial charge on any atom is 0.288 e. The number of alkyl halides is 2. The Balaban J connectivity index is 1.79. The first kappa shape index (κ1) is 17.7. The molecular formula is C20H20F2N2S. The van der Waals surface area contributed by atoms with Crippen LogP contribution in [0.25, 0.3) is 0 Å². The lowest BCUT2D eigenvalue weighted by Gasteiger charge is -2.23. The Morgan fingerprint density at radius 3 is 2.40 bits per heavy atom. The number of thioether (sulfide) groups is 1. The van der Waals surface area contributed by atoms with Gasteiger partial charge in [-0.1, -0.05) is 43.8 Å². The Morgan fingerprint density at radius 1 is 1.08 bits per heavy atom. The van der Waals surface area contributed by atoms with Crippen molar-refractivity contribution < 1.29 is 8.78 Å². The molecule has 2 aromatic rings. The van der Waals surface area contributed by atoms with Crippen LogP contribution in [0.3, 0.4) is 0 Å². The van der Waals surface area contributed by atoms with Gasteiger partial charge in [-0.2, -0.15) is 8.78 Å². The van der Waals surface area contributed by atoms with Crippen molar-refractivity contribution in [3.8, 4) is 0 Å². The minimum atomic E-state index is -2.40. The second kappa shape index (κ2) is 7.00. The number of halogens is 2. The summed E-state index contributed by atoms with van der Waals surface area (Å²) in [6, 6.07) is 15.2. The SMILES string of the molecule is CN1/C(=C\C=Nc2ccc(SC(F)F)cc2)C(C)(C)c2ccccc21. The summed E-state index contributed by atoms with van der Waals surface area (Å²) in [4.78, 5) is 7.15. The molecule has 0 fully saturated rings. The van der Waals surface area contributed by atoms with Gasteiger partial charge in [0.05, 0.1) is 5.69 Å². The molecular weight excluding hydrogens is 338 g/mol. The van der Waals surface area contributed by atoms with E-state index in [1.807, 2.05) is 12.1 Å². The van der Waals surface area contributed by atoms with Gasteiger partial charge in [0.1, 0.15) is 0 Å². The molecule has 5 heteroatoms. The van der Waals surface area contributed by atoms with Crippen LogP contribution in [0, 0.1) is 0 Å². The highest BCUT2D eigenvalue weighted by molar-refractivity contribution is 7.99. The van der Waals surface area contributed by atoms with Crippen LogP contribution in [0.15, 0.2) is 70.2 Å². The van der Waals surface area contributed by atoms with Crippen molar-refractivity contribution in [2.45, 2.75) is 29.9 Å². The molecule has 1 aliphatic rings. The molecule has 0 amide bonds. The molecule has 0 bridgehead atoms. The molecule has 0 aliphatic carbocycles. The van der Waals surface area contributed by atoms with Gasteiger partial charge in [0.2, 0.25) is 0 Å². The van der Waals surface area contributed by atoms with Gasteiger partial charge in [-0.3, -0.25) is 4.99 Å². The maximum atomic E-state index is 12.3. The van der Waals surface area contributed by atoms with E-state index in [2.05, 4.69) is 49.0 Å². The van der Waals surface area contributed by atoms with Crippen molar-refractivity contribution in [1.29, 1.82) is 0 Å². The van der Waals surface area contributed by atoms with E-state index in [9.17, 15) is 8.78 Å². The van der Waals surface area contributed by atoms with E-state index in [0.717, 1.165) is 5.69 Å². The van der Waals surface area contributed by atoms with E-state index in [-0.39, 0.29) is 5.41 Å². The van der Waals surface area contributed by atoms with Crippen LogP contribution in [0.4, 0.5) is 20.2 Å². The summed E-state index contributed by atoms with van der Waals surface area (Å²) in [5.41, 5.74) is 4.33. The fourth-order valence-corrected chi connectivity index (χ4v) is 3.71. The van der Waals surface area contributed by atoms with Gasteiger partial charge in [0.15, 0.2) is 0 Å². The molecule has 0 N–H and O–H groups in total. The predicted octanol–water partition coefficient (Wildman–Crippen LogP) is 6.02. The zero-order valence-corrected chi connectivity index (χ0v) is 15.2. The third-order valence-corrected chi connectivity index (χ3v) is 5.18. The molecule has 1 aliphatic heterocycles. The molecule has 3 rings (SSSR count). The fraction of sp³-hybridized carbons (Fsp3) is 0.250. The number of hydrogen-bond donors (Lipinski definition) is 0. The number of rotatable bonds is 4. The van der Waals surface area contributed by atoms with Gasteiger partial charge in [-0.05, 0) is 42.0 Å². The first-order chi connectivity index (χ1) is 11.9. The van der Waals surface area contributed by atoms with E-state index in [1.54, 1.807) is 30.5 Å². The lowest BCUT2D eigenvalue weighted by atomic mass is 9.84. The molecule has 2 aromatic carbocycles. The van der Waals surface area contributed by atoms with Crippen LogP contribution in [-0.2, 0) is 5.41 Å². The van der Waals surface area contributed by atoms with Crippen molar-refractivity contribution >= 4 is 29.4 Å². The van der Waals surface area contributed by atoms with Crippen molar-refractivity contribution in [1.82, 2.24) is 0 Å². The number of hydrogen-bond acceptors (Lipinski definition) is 3. The Kier molecular flexibility index (Phi) is 4.95. The second-order valence-corrected chi connectivity index (χ2v) is 7.47.